The molecule has 142 valence electrons. The third-order valence-corrected chi connectivity index (χ3v) is 4.39. The van der Waals surface area contributed by atoms with Crippen LogP contribution in [0.5, 0.6) is 0 Å². The van der Waals surface area contributed by atoms with E-state index in [2.05, 4.69) is 19.1 Å². The molecule has 0 aromatic rings. The van der Waals surface area contributed by atoms with Gasteiger partial charge in [0.1, 0.15) is 6.61 Å². The Morgan fingerprint density at radius 2 is 1.46 bits per heavy atom. The molecule has 0 aliphatic carbocycles. The standard InChI is InChI=1S/C21H40O3/c1-3-4-5-6-7-8-9-10-11-12-13-14-15-16-17-20(2)21(23)24-19-18-22/h10-11,20,22H,3-9,12-19H2,1-2H3/b11-10-. The first-order valence-corrected chi connectivity index (χ1v) is 10.1. The summed E-state index contributed by atoms with van der Waals surface area (Å²) in [6.07, 6.45) is 21.0. The van der Waals surface area contributed by atoms with Gasteiger partial charge in [0.05, 0.1) is 12.5 Å². The van der Waals surface area contributed by atoms with Gasteiger partial charge in [-0.2, -0.15) is 0 Å². The fourth-order valence-corrected chi connectivity index (χ4v) is 2.75. The van der Waals surface area contributed by atoms with Gasteiger partial charge in [-0.15, -0.1) is 0 Å². The Hall–Kier alpha value is -0.830. The van der Waals surface area contributed by atoms with E-state index in [1.807, 2.05) is 6.92 Å². The third kappa shape index (κ3) is 16.0. The Balaban J connectivity index is 3.29. The maximum absolute atomic E-state index is 11.5. The average Bonchev–Trinajstić information content (AvgIpc) is 2.59. The summed E-state index contributed by atoms with van der Waals surface area (Å²) in [6, 6.07) is 0. The van der Waals surface area contributed by atoms with Gasteiger partial charge in [-0.05, 0) is 32.1 Å². The van der Waals surface area contributed by atoms with E-state index < -0.39 is 0 Å². The van der Waals surface area contributed by atoms with Crippen molar-refractivity contribution in [2.75, 3.05) is 13.2 Å². The third-order valence-electron chi connectivity index (χ3n) is 4.39. The quantitative estimate of drug-likeness (QED) is 0.207. The number of esters is 1. The molecule has 0 aliphatic rings. The minimum absolute atomic E-state index is 0.0474. The van der Waals surface area contributed by atoms with Gasteiger partial charge in [-0.3, -0.25) is 4.79 Å². The topological polar surface area (TPSA) is 46.5 Å². The second-order valence-electron chi connectivity index (χ2n) is 6.81. The van der Waals surface area contributed by atoms with E-state index in [1.165, 1.54) is 70.6 Å². The Bertz CT molecular complexity index is 299. The van der Waals surface area contributed by atoms with E-state index in [9.17, 15) is 4.79 Å². The Morgan fingerprint density at radius 1 is 0.917 bits per heavy atom. The number of aliphatic hydroxyl groups is 1. The highest BCUT2D eigenvalue weighted by atomic mass is 16.5. The lowest BCUT2D eigenvalue weighted by atomic mass is 10.0. The number of hydrogen-bond acceptors (Lipinski definition) is 3. The van der Waals surface area contributed by atoms with Crippen molar-refractivity contribution in [1.82, 2.24) is 0 Å². The van der Waals surface area contributed by atoms with Crippen LogP contribution in [0.1, 0.15) is 97.3 Å². The SMILES string of the molecule is CCCCCCCC/C=C\CCCCCCC(C)C(=O)OCCO. The maximum Gasteiger partial charge on any atom is 0.308 e. The van der Waals surface area contributed by atoms with Crippen LogP contribution in [0.3, 0.4) is 0 Å². The monoisotopic (exact) mass is 340 g/mol. The highest BCUT2D eigenvalue weighted by Gasteiger charge is 2.13. The van der Waals surface area contributed by atoms with E-state index in [-0.39, 0.29) is 25.1 Å². The number of unbranched alkanes of at least 4 members (excludes halogenated alkanes) is 10. The van der Waals surface area contributed by atoms with Crippen molar-refractivity contribution in [2.24, 2.45) is 5.92 Å². The van der Waals surface area contributed by atoms with Gasteiger partial charge in [-0.1, -0.05) is 77.4 Å². The predicted octanol–water partition coefficient (Wildman–Crippen LogP) is 5.81. The van der Waals surface area contributed by atoms with Crippen LogP contribution in [0.25, 0.3) is 0 Å². The first-order chi connectivity index (χ1) is 11.7. The van der Waals surface area contributed by atoms with Crippen molar-refractivity contribution < 1.29 is 14.6 Å². The molecule has 0 saturated heterocycles. The number of hydrogen-bond donors (Lipinski definition) is 1. The first kappa shape index (κ1) is 23.2. The van der Waals surface area contributed by atoms with Crippen molar-refractivity contribution in [3.63, 3.8) is 0 Å². The molecule has 0 saturated carbocycles. The van der Waals surface area contributed by atoms with Crippen LogP contribution in [-0.4, -0.2) is 24.3 Å². The van der Waals surface area contributed by atoms with Crippen LogP contribution in [0.15, 0.2) is 12.2 Å². The van der Waals surface area contributed by atoms with E-state index >= 15 is 0 Å². The number of carbonyl (C=O) groups is 1. The second-order valence-corrected chi connectivity index (χ2v) is 6.81. The Kier molecular flexibility index (Phi) is 17.9. The van der Waals surface area contributed by atoms with Crippen LogP contribution in [0, 0.1) is 5.92 Å². The lowest BCUT2D eigenvalue weighted by Crippen LogP contribution is -2.16. The fourth-order valence-electron chi connectivity index (χ4n) is 2.75. The van der Waals surface area contributed by atoms with Gasteiger partial charge in [0.25, 0.3) is 0 Å². The van der Waals surface area contributed by atoms with Gasteiger partial charge in [0.15, 0.2) is 0 Å². The minimum atomic E-state index is -0.179. The van der Waals surface area contributed by atoms with Crippen molar-refractivity contribution in [3.8, 4) is 0 Å². The number of ether oxygens (including phenoxy) is 1. The van der Waals surface area contributed by atoms with E-state index in [0.717, 1.165) is 12.8 Å². The molecule has 0 aromatic carbocycles. The minimum Gasteiger partial charge on any atom is -0.463 e. The first-order valence-electron chi connectivity index (χ1n) is 10.1. The largest absolute Gasteiger partial charge is 0.463 e. The van der Waals surface area contributed by atoms with Crippen molar-refractivity contribution in [3.05, 3.63) is 12.2 Å². The number of allylic oxidation sites excluding steroid dienone is 2. The van der Waals surface area contributed by atoms with Gasteiger partial charge in [0, 0.05) is 0 Å². The summed E-state index contributed by atoms with van der Waals surface area (Å²) in [5.41, 5.74) is 0. The van der Waals surface area contributed by atoms with Crippen LogP contribution < -0.4 is 0 Å². The number of carbonyl (C=O) groups excluding carboxylic acids is 1. The molecule has 1 atom stereocenters. The molecule has 0 aliphatic heterocycles. The normalized spacial score (nSPS) is 12.6. The summed E-state index contributed by atoms with van der Waals surface area (Å²) in [6.45, 7) is 4.19. The van der Waals surface area contributed by atoms with Crippen molar-refractivity contribution in [2.45, 2.75) is 97.3 Å². The predicted molar refractivity (Wildman–Crippen MR) is 102 cm³/mol. The molecule has 0 fully saturated rings. The molecule has 24 heavy (non-hydrogen) atoms. The molecule has 1 unspecified atom stereocenters. The van der Waals surface area contributed by atoms with E-state index in [1.54, 1.807) is 0 Å². The van der Waals surface area contributed by atoms with Crippen LogP contribution in [-0.2, 0) is 9.53 Å². The second kappa shape index (κ2) is 18.5. The zero-order valence-electron chi connectivity index (χ0n) is 16.1. The van der Waals surface area contributed by atoms with Crippen molar-refractivity contribution >= 4 is 5.97 Å². The molecule has 0 bridgehead atoms. The maximum atomic E-state index is 11.5. The highest BCUT2D eigenvalue weighted by molar-refractivity contribution is 5.71. The smallest absolute Gasteiger partial charge is 0.308 e. The molecule has 0 aromatic heterocycles. The number of rotatable bonds is 17. The molecule has 0 radical (unpaired) electrons. The summed E-state index contributed by atoms with van der Waals surface area (Å²) in [5, 5.41) is 8.62. The molecule has 3 nitrogen and oxygen atoms in total. The lowest BCUT2D eigenvalue weighted by molar-refractivity contribution is -0.149. The Labute approximate surface area is 149 Å². The summed E-state index contributed by atoms with van der Waals surface area (Å²) < 4.78 is 4.92. The zero-order chi connectivity index (χ0) is 17.9. The summed E-state index contributed by atoms with van der Waals surface area (Å²) in [4.78, 5) is 11.5. The van der Waals surface area contributed by atoms with Gasteiger partial charge >= 0.3 is 5.97 Å². The van der Waals surface area contributed by atoms with Crippen LogP contribution >= 0.6 is 0 Å². The van der Waals surface area contributed by atoms with Gasteiger partial charge < -0.3 is 9.84 Å². The van der Waals surface area contributed by atoms with Crippen molar-refractivity contribution in [1.29, 1.82) is 0 Å². The van der Waals surface area contributed by atoms with E-state index in [4.69, 9.17) is 9.84 Å². The highest BCUT2D eigenvalue weighted by Crippen LogP contribution is 2.13. The Morgan fingerprint density at radius 3 is 2.04 bits per heavy atom. The van der Waals surface area contributed by atoms with Crippen LogP contribution in [0.4, 0.5) is 0 Å². The zero-order valence-corrected chi connectivity index (χ0v) is 16.1. The molecular weight excluding hydrogens is 300 g/mol. The summed E-state index contributed by atoms with van der Waals surface area (Å²) >= 11 is 0. The molecule has 0 rings (SSSR count). The molecular formula is C21H40O3. The molecule has 3 heteroatoms. The van der Waals surface area contributed by atoms with Gasteiger partial charge in [0.2, 0.25) is 0 Å². The summed E-state index contributed by atoms with van der Waals surface area (Å²) in [7, 11) is 0. The lowest BCUT2D eigenvalue weighted by Gasteiger charge is -2.10. The van der Waals surface area contributed by atoms with Gasteiger partial charge in [-0.25, -0.2) is 0 Å². The summed E-state index contributed by atoms with van der Waals surface area (Å²) in [5.74, 6) is -0.226. The average molecular weight is 341 g/mol. The molecule has 0 heterocycles. The van der Waals surface area contributed by atoms with E-state index in [0.29, 0.717) is 0 Å². The number of aliphatic hydroxyl groups excluding tert-OH is 1. The molecule has 1 N–H and O–H groups in total. The molecule has 0 amide bonds. The van der Waals surface area contributed by atoms with Crippen LogP contribution in [0.2, 0.25) is 0 Å². The fraction of sp³-hybridized carbons (Fsp3) is 0.857. The molecule has 0 spiro atoms.